The van der Waals surface area contributed by atoms with Gasteiger partial charge in [-0.15, -0.1) is 0 Å². The van der Waals surface area contributed by atoms with Crippen molar-refractivity contribution in [1.82, 2.24) is 5.32 Å². The molecule has 0 heterocycles. The normalized spacial score (nSPS) is 12.7. The number of carbonyl (C=O) groups is 1. The second kappa shape index (κ2) is 7.14. The van der Waals surface area contributed by atoms with Gasteiger partial charge in [-0.25, -0.2) is 0 Å². The van der Waals surface area contributed by atoms with Gasteiger partial charge in [-0.3, -0.25) is 14.9 Å². The molecule has 20 heavy (non-hydrogen) atoms. The van der Waals surface area contributed by atoms with Crippen LogP contribution in [0.2, 0.25) is 0 Å². The van der Waals surface area contributed by atoms with Crippen LogP contribution in [0.5, 0.6) is 0 Å². The summed E-state index contributed by atoms with van der Waals surface area (Å²) in [5.74, 6) is 0.126. The number of ketones is 1. The van der Waals surface area contributed by atoms with Crippen molar-refractivity contribution in [2.75, 3.05) is 0 Å². The minimum Gasteiger partial charge on any atom is -0.305 e. The number of nitro benzene ring substituents is 1. The summed E-state index contributed by atoms with van der Waals surface area (Å²) in [7, 11) is 0. The first-order valence-corrected chi connectivity index (χ1v) is 6.84. The van der Waals surface area contributed by atoms with E-state index in [4.69, 9.17) is 0 Å². The second-order valence-corrected chi connectivity index (χ2v) is 5.56. The third kappa shape index (κ3) is 4.74. The van der Waals surface area contributed by atoms with Crippen LogP contribution in [0, 0.1) is 16.0 Å². The van der Waals surface area contributed by atoms with E-state index in [9.17, 15) is 14.9 Å². The second-order valence-electron chi connectivity index (χ2n) is 5.56. The van der Waals surface area contributed by atoms with Gasteiger partial charge in [-0.1, -0.05) is 39.8 Å². The SMILES string of the molecule is CC(C)NC(Cc1ccc([N+](=O)[O-])cc1)C(=O)C(C)C. The zero-order chi connectivity index (χ0) is 15.3. The molecule has 0 saturated heterocycles. The number of nitrogens with one attached hydrogen (secondary N) is 1. The smallest absolute Gasteiger partial charge is 0.269 e. The van der Waals surface area contributed by atoms with Gasteiger partial charge >= 0.3 is 0 Å². The Balaban J connectivity index is 2.83. The fourth-order valence-corrected chi connectivity index (χ4v) is 2.04. The Labute approximate surface area is 119 Å². The van der Waals surface area contributed by atoms with Crippen molar-refractivity contribution < 1.29 is 9.72 Å². The van der Waals surface area contributed by atoms with Gasteiger partial charge < -0.3 is 5.32 Å². The average molecular weight is 278 g/mol. The summed E-state index contributed by atoms with van der Waals surface area (Å²) in [6.45, 7) is 7.76. The van der Waals surface area contributed by atoms with Crippen molar-refractivity contribution in [3.05, 3.63) is 39.9 Å². The van der Waals surface area contributed by atoms with E-state index in [0.717, 1.165) is 5.56 Å². The Bertz CT molecular complexity index is 467. The van der Waals surface area contributed by atoms with E-state index in [-0.39, 0.29) is 29.5 Å². The topological polar surface area (TPSA) is 72.2 Å². The molecule has 110 valence electrons. The van der Waals surface area contributed by atoms with E-state index in [0.29, 0.717) is 6.42 Å². The van der Waals surface area contributed by atoms with Crippen molar-refractivity contribution in [3.8, 4) is 0 Å². The quantitative estimate of drug-likeness (QED) is 0.615. The minimum absolute atomic E-state index is 0.0377. The summed E-state index contributed by atoms with van der Waals surface area (Å²) >= 11 is 0. The lowest BCUT2D eigenvalue weighted by molar-refractivity contribution is -0.384. The van der Waals surface area contributed by atoms with E-state index in [1.807, 2.05) is 27.7 Å². The number of non-ortho nitro benzene ring substituents is 1. The molecule has 5 nitrogen and oxygen atoms in total. The highest BCUT2D eigenvalue weighted by atomic mass is 16.6. The molecule has 1 aromatic carbocycles. The van der Waals surface area contributed by atoms with Crippen LogP contribution < -0.4 is 5.32 Å². The summed E-state index contributed by atoms with van der Waals surface area (Å²) in [5.41, 5.74) is 0.986. The maximum absolute atomic E-state index is 12.2. The van der Waals surface area contributed by atoms with Crippen LogP contribution >= 0.6 is 0 Å². The fraction of sp³-hybridized carbons (Fsp3) is 0.533. The number of benzene rings is 1. The number of nitro groups is 1. The van der Waals surface area contributed by atoms with Crippen LogP contribution in [-0.2, 0) is 11.2 Å². The summed E-state index contributed by atoms with van der Waals surface area (Å²) in [4.78, 5) is 22.4. The number of nitrogens with zero attached hydrogens (tertiary/aromatic N) is 1. The highest BCUT2D eigenvalue weighted by Crippen LogP contribution is 2.14. The molecule has 1 rings (SSSR count). The highest BCUT2D eigenvalue weighted by molar-refractivity contribution is 5.86. The third-order valence-corrected chi connectivity index (χ3v) is 3.03. The van der Waals surface area contributed by atoms with E-state index < -0.39 is 4.92 Å². The number of hydrogen-bond donors (Lipinski definition) is 1. The van der Waals surface area contributed by atoms with Gasteiger partial charge in [-0.2, -0.15) is 0 Å². The predicted octanol–water partition coefficient (Wildman–Crippen LogP) is 2.73. The molecule has 0 aliphatic rings. The van der Waals surface area contributed by atoms with Gasteiger partial charge in [0.1, 0.15) is 0 Å². The first kappa shape index (κ1) is 16.3. The molecule has 1 aromatic rings. The van der Waals surface area contributed by atoms with Crippen molar-refractivity contribution in [2.45, 2.75) is 46.2 Å². The largest absolute Gasteiger partial charge is 0.305 e. The maximum atomic E-state index is 12.2. The number of hydrogen-bond acceptors (Lipinski definition) is 4. The molecule has 0 amide bonds. The average Bonchev–Trinajstić information content (AvgIpc) is 2.37. The summed E-state index contributed by atoms with van der Waals surface area (Å²) < 4.78 is 0. The lowest BCUT2D eigenvalue weighted by atomic mass is 9.95. The van der Waals surface area contributed by atoms with Crippen molar-refractivity contribution in [3.63, 3.8) is 0 Å². The van der Waals surface area contributed by atoms with Gasteiger partial charge in [0, 0.05) is 24.1 Å². The zero-order valence-corrected chi connectivity index (χ0v) is 12.4. The van der Waals surface area contributed by atoms with Crippen LogP contribution in [0.15, 0.2) is 24.3 Å². The predicted molar refractivity (Wildman–Crippen MR) is 78.7 cm³/mol. The van der Waals surface area contributed by atoms with Crippen LogP contribution in [0.25, 0.3) is 0 Å². The zero-order valence-electron chi connectivity index (χ0n) is 12.4. The summed E-state index contributed by atoms with van der Waals surface area (Å²) in [5, 5.41) is 13.9. The van der Waals surface area contributed by atoms with Crippen molar-refractivity contribution in [2.24, 2.45) is 5.92 Å². The molecular weight excluding hydrogens is 256 g/mol. The van der Waals surface area contributed by atoms with Gasteiger partial charge in [0.05, 0.1) is 11.0 Å². The molecular formula is C15H22N2O3. The Kier molecular flexibility index (Phi) is 5.82. The Hall–Kier alpha value is -1.75. The Morgan fingerprint density at radius 2 is 1.75 bits per heavy atom. The third-order valence-electron chi connectivity index (χ3n) is 3.03. The molecule has 0 radical (unpaired) electrons. The van der Waals surface area contributed by atoms with Crippen LogP contribution in [-0.4, -0.2) is 22.8 Å². The molecule has 1 unspecified atom stereocenters. The van der Waals surface area contributed by atoms with E-state index >= 15 is 0 Å². The molecule has 0 aromatic heterocycles. The van der Waals surface area contributed by atoms with Gasteiger partial charge in [0.2, 0.25) is 0 Å². The number of rotatable bonds is 7. The summed E-state index contributed by atoms with van der Waals surface area (Å²) in [6.07, 6.45) is 0.549. The van der Waals surface area contributed by atoms with Gasteiger partial charge in [0.25, 0.3) is 5.69 Å². The molecule has 1 N–H and O–H groups in total. The highest BCUT2D eigenvalue weighted by Gasteiger charge is 2.22. The van der Waals surface area contributed by atoms with E-state index in [1.165, 1.54) is 12.1 Å². The van der Waals surface area contributed by atoms with Crippen molar-refractivity contribution in [1.29, 1.82) is 0 Å². The molecule has 0 spiro atoms. The van der Waals surface area contributed by atoms with Gasteiger partial charge in [-0.05, 0) is 12.0 Å². The molecule has 5 heteroatoms. The maximum Gasteiger partial charge on any atom is 0.269 e. The lowest BCUT2D eigenvalue weighted by Crippen LogP contribution is -2.44. The first-order chi connectivity index (χ1) is 9.31. The Morgan fingerprint density at radius 1 is 1.20 bits per heavy atom. The number of carbonyl (C=O) groups excluding carboxylic acids is 1. The molecule has 0 aliphatic carbocycles. The lowest BCUT2D eigenvalue weighted by Gasteiger charge is -2.22. The van der Waals surface area contributed by atoms with Crippen molar-refractivity contribution >= 4 is 11.5 Å². The minimum atomic E-state index is -0.424. The molecule has 1 atom stereocenters. The number of Topliss-reactive ketones (excluding diaryl/α,β-unsaturated/α-hetero) is 1. The van der Waals surface area contributed by atoms with E-state index in [1.54, 1.807) is 12.1 Å². The fourth-order valence-electron chi connectivity index (χ4n) is 2.04. The molecule has 0 bridgehead atoms. The van der Waals surface area contributed by atoms with Crippen LogP contribution in [0.3, 0.4) is 0 Å². The Morgan fingerprint density at radius 3 is 2.15 bits per heavy atom. The molecule has 0 aliphatic heterocycles. The first-order valence-electron chi connectivity index (χ1n) is 6.84. The summed E-state index contributed by atoms with van der Waals surface area (Å²) in [6, 6.07) is 6.32. The molecule has 0 fully saturated rings. The van der Waals surface area contributed by atoms with Crippen LogP contribution in [0.4, 0.5) is 5.69 Å². The van der Waals surface area contributed by atoms with Crippen LogP contribution in [0.1, 0.15) is 33.3 Å². The van der Waals surface area contributed by atoms with Gasteiger partial charge in [0.15, 0.2) is 5.78 Å². The van der Waals surface area contributed by atoms with E-state index in [2.05, 4.69) is 5.32 Å². The molecule has 0 saturated carbocycles. The monoisotopic (exact) mass is 278 g/mol. The standard InChI is InChI=1S/C15H22N2O3/c1-10(2)15(18)14(16-11(3)4)9-12-5-7-13(8-6-12)17(19)20/h5-8,10-11,14,16H,9H2,1-4H3.